The zero-order chi connectivity index (χ0) is 12.7. The number of carbonyl (C=O) groups is 1. The Hall–Kier alpha value is -2.03. The second-order valence-corrected chi connectivity index (χ2v) is 3.46. The fourth-order valence-electron chi connectivity index (χ4n) is 1.29. The average Bonchev–Trinajstić information content (AvgIpc) is 2.35. The van der Waals surface area contributed by atoms with Crippen molar-refractivity contribution in [1.82, 2.24) is 0 Å². The molecule has 0 atom stereocenters. The van der Waals surface area contributed by atoms with E-state index < -0.39 is 0 Å². The topological polar surface area (TPSA) is 29.4 Å². The minimum atomic E-state index is -0.348. The monoisotopic (exact) mass is 231 g/mol. The summed E-state index contributed by atoms with van der Waals surface area (Å²) in [7, 11) is 1.65. The van der Waals surface area contributed by atoms with Gasteiger partial charge < -0.3 is 0 Å². The molecule has 0 amide bonds. The molecule has 1 rings (SSSR count). The smallest absolute Gasteiger partial charge is 0.167 e. The Bertz CT molecular complexity index is 458. The van der Waals surface area contributed by atoms with Crippen molar-refractivity contribution in [2.75, 3.05) is 7.05 Å². The quantitative estimate of drug-likeness (QED) is 0.434. The summed E-state index contributed by atoms with van der Waals surface area (Å²) in [5.41, 5.74) is 1.28. The van der Waals surface area contributed by atoms with E-state index in [1.165, 1.54) is 24.3 Å². The SMILES string of the molecule is C=C/C(=C\C=NC)CC(=O)c1ccc(F)cc1. The van der Waals surface area contributed by atoms with Gasteiger partial charge in [-0.2, -0.15) is 0 Å². The summed E-state index contributed by atoms with van der Waals surface area (Å²) in [6.45, 7) is 3.63. The van der Waals surface area contributed by atoms with Crippen molar-refractivity contribution in [3.8, 4) is 0 Å². The van der Waals surface area contributed by atoms with Gasteiger partial charge in [-0.25, -0.2) is 4.39 Å². The molecule has 17 heavy (non-hydrogen) atoms. The maximum Gasteiger partial charge on any atom is 0.167 e. The van der Waals surface area contributed by atoms with Crippen LogP contribution in [0, 0.1) is 5.82 Å². The van der Waals surface area contributed by atoms with E-state index in [0.29, 0.717) is 5.56 Å². The molecule has 1 aromatic carbocycles. The Kier molecular flexibility index (Phi) is 5.01. The summed E-state index contributed by atoms with van der Waals surface area (Å²) in [5, 5.41) is 0. The van der Waals surface area contributed by atoms with Crippen molar-refractivity contribution in [2.45, 2.75) is 6.42 Å². The summed E-state index contributed by atoms with van der Waals surface area (Å²) < 4.78 is 12.7. The number of allylic oxidation sites excluding steroid dienone is 3. The Labute approximate surface area is 100 Å². The van der Waals surface area contributed by atoms with Gasteiger partial charge in [-0.3, -0.25) is 9.79 Å². The zero-order valence-electron chi connectivity index (χ0n) is 9.69. The van der Waals surface area contributed by atoms with Gasteiger partial charge in [0.25, 0.3) is 0 Å². The molecule has 3 heteroatoms. The van der Waals surface area contributed by atoms with E-state index in [1.54, 1.807) is 25.4 Å². The molecule has 0 bridgehead atoms. The molecular formula is C14H14FNO. The first-order chi connectivity index (χ1) is 8.17. The van der Waals surface area contributed by atoms with Gasteiger partial charge in [-0.05, 0) is 35.9 Å². The largest absolute Gasteiger partial charge is 0.297 e. The molecule has 0 unspecified atom stereocenters. The van der Waals surface area contributed by atoms with Crippen molar-refractivity contribution in [3.63, 3.8) is 0 Å². The number of rotatable bonds is 5. The van der Waals surface area contributed by atoms with E-state index in [0.717, 1.165) is 5.57 Å². The Morgan fingerprint density at radius 1 is 1.41 bits per heavy atom. The second kappa shape index (κ2) is 6.53. The van der Waals surface area contributed by atoms with Crippen LogP contribution in [-0.2, 0) is 0 Å². The molecule has 0 saturated carbocycles. The highest BCUT2D eigenvalue weighted by Gasteiger charge is 2.06. The molecule has 88 valence electrons. The summed E-state index contributed by atoms with van der Waals surface area (Å²) in [6, 6.07) is 5.51. The molecule has 0 N–H and O–H groups in total. The number of Topliss-reactive ketones (excluding diaryl/α,β-unsaturated/α-hetero) is 1. The number of ketones is 1. The number of nitrogens with zero attached hydrogens (tertiary/aromatic N) is 1. The lowest BCUT2D eigenvalue weighted by molar-refractivity contribution is 0.0994. The normalized spacial score (nSPS) is 11.8. The molecule has 2 nitrogen and oxygen atoms in total. The van der Waals surface area contributed by atoms with Crippen molar-refractivity contribution in [1.29, 1.82) is 0 Å². The summed E-state index contributed by atoms with van der Waals surface area (Å²) in [5.74, 6) is -0.417. The highest BCUT2D eigenvalue weighted by Crippen LogP contribution is 2.10. The minimum absolute atomic E-state index is 0.0688. The van der Waals surface area contributed by atoms with Crippen LogP contribution in [0.5, 0.6) is 0 Å². The Balaban J connectivity index is 2.77. The van der Waals surface area contributed by atoms with Gasteiger partial charge in [-0.1, -0.05) is 12.7 Å². The third-order valence-electron chi connectivity index (χ3n) is 2.23. The van der Waals surface area contributed by atoms with Gasteiger partial charge in [0.15, 0.2) is 5.78 Å². The summed E-state index contributed by atoms with van der Waals surface area (Å²) >= 11 is 0. The number of hydrogen-bond acceptors (Lipinski definition) is 2. The van der Waals surface area contributed by atoms with Crippen molar-refractivity contribution < 1.29 is 9.18 Å². The standard InChI is InChI=1S/C14H14FNO/c1-3-11(8-9-16-2)10-14(17)12-4-6-13(15)7-5-12/h3-9H,1,10H2,2H3/b11-8+,16-9?. The van der Waals surface area contributed by atoms with E-state index >= 15 is 0 Å². The van der Waals surface area contributed by atoms with Gasteiger partial charge >= 0.3 is 0 Å². The maximum atomic E-state index is 12.7. The molecule has 0 spiro atoms. The van der Waals surface area contributed by atoms with E-state index in [4.69, 9.17) is 0 Å². The predicted molar refractivity (Wildman–Crippen MR) is 68.0 cm³/mol. The molecule has 0 fully saturated rings. The number of halogens is 1. The number of aliphatic imine (C=N–C) groups is 1. The van der Waals surface area contributed by atoms with E-state index in [2.05, 4.69) is 11.6 Å². The van der Waals surface area contributed by atoms with Gasteiger partial charge in [0.1, 0.15) is 5.82 Å². The molecule has 0 saturated heterocycles. The van der Waals surface area contributed by atoms with Crippen LogP contribution in [-0.4, -0.2) is 19.0 Å². The molecule has 0 aliphatic rings. The summed E-state index contributed by atoms with van der Waals surface area (Å²) in [6.07, 6.45) is 5.19. The lowest BCUT2D eigenvalue weighted by Gasteiger charge is -2.01. The van der Waals surface area contributed by atoms with Crippen LogP contribution < -0.4 is 0 Å². The Morgan fingerprint density at radius 2 is 2.06 bits per heavy atom. The zero-order valence-corrected chi connectivity index (χ0v) is 9.69. The molecule has 0 aliphatic carbocycles. The van der Waals surface area contributed by atoms with Crippen molar-refractivity contribution >= 4 is 12.0 Å². The first kappa shape index (κ1) is 13.0. The lowest BCUT2D eigenvalue weighted by Crippen LogP contribution is -2.00. The van der Waals surface area contributed by atoms with Crippen LogP contribution in [0.4, 0.5) is 4.39 Å². The molecule has 0 radical (unpaired) electrons. The highest BCUT2D eigenvalue weighted by atomic mass is 19.1. The van der Waals surface area contributed by atoms with Gasteiger partial charge in [0, 0.05) is 25.2 Å². The van der Waals surface area contributed by atoms with Gasteiger partial charge in [0.2, 0.25) is 0 Å². The Morgan fingerprint density at radius 3 is 2.59 bits per heavy atom. The molecule has 0 aromatic heterocycles. The molecular weight excluding hydrogens is 217 g/mol. The number of hydrogen-bond donors (Lipinski definition) is 0. The predicted octanol–water partition coefficient (Wildman–Crippen LogP) is 3.21. The van der Waals surface area contributed by atoms with Crippen LogP contribution in [0.3, 0.4) is 0 Å². The van der Waals surface area contributed by atoms with Crippen LogP contribution in [0.1, 0.15) is 16.8 Å². The fraction of sp³-hybridized carbons (Fsp3) is 0.143. The molecule has 1 aromatic rings. The van der Waals surface area contributed by atoms with Crippen molar-refractivity contribution in [2.24, 2.45) is 4.99 Å². The van der Waals surface area contributed by atoms with Crippen LogP contribution >= 0.6 is 0 Å². The van der Waals surface area contributed by atoms with Gasteiger partial charge in [-0.15, -0.1) is 0 Å². The van der Waals surface area contributed by atoms with Crippen LogP contribution in [0.15, 0.2) is 53.6 Å². The maximum absolute atomic E-state index is 12.7. The number of carbonyl (C=O) groups excluding carboxylic acids is 1. The third-order valence-corrected chi connectivity index (χ3v) is 2.23. The molecule has 0 heterocycles. The fourth-order valence-corrected chi connectivity index (χ4v) is 1.29. The van der Waals surface area contributed by atoms with Crippen molar-refractivity contribution in [3.05, 3.63) is 60.0 Å². The second-order valence-electron chi connectivity index (χ2n) is 3.46. The first-order valence-corrected chi connectivity index (χ1v) is 5.20. The van der Waals surface area contributed by atoms with Gasteiger partial charge in [0.05, 0.1) is 0 Å². The van der Waals surface area contributed by atoms with E-state index in [1.807, 2.05) is 0 Å². The van der Waals surface area contributed by atoms with E-state index in [-0.39, 0.29) is 18.0 Å². The highest BCUT2D eigenvalue weighted by molar-refractivity contribution is 5.98. The number of benzene rings is 1. The lowest BCUT2D eigenvalue weighted by atomic mass is 10.0. The summed E-state index contributed by atoms with van der Waals surface area (Å²) in [4.78, 5) is 15.6. The third kappa shape index (κ3) is 4.15. The minimum Gasteiger partial charge on any atom is -0.297 e. The van der Waals surface area contributed by atoms with Crippen LogP contribution in [0.2, 0.25) is 0 Å². The molecule has 0 aliphatic heterocycles. The van der Waals surface area contributed by atoms with Crippen LogP contribution in [0.25, 0.3) is 0 Å². The van der Waals surface area contributed by atoms with E-state index in [9.17, 15) is 9.18 Å². The first-order valence-electron chi connectivity index (χ1n) is 5.20. The average molecular weight is 231 g/mol.